The Morgan fingerprint density at radius 1 is 0.439 bits per heavy atom. The van der Waals surface area contributed by atoms with E-state index < -0.39 is 5.41 Å². The van der Waals surface area contributed by atoms with Crippen molar-refractivity contribution in [1.29, 1.82) is 0 Å². The van der Waals surface area contributed by atoms with Crippen molar-refractivity contribution >= 4 is 39.2 Å². The van der Waals surface area contributed by atoms with Crippen LogP contribution >= 0.6 is 0 Å². The Kier molecular flexibility index (Phi) is 7.78. The van der Waals surface area contributed by atoms with Crippen molar-refractivity contribution in [2.24, 2.45) is 9.98 Å². The summed E-state index contributed by atoms with van der Waals surface area (Å²) in [6.07, 6.45) is 2.88. The highest BCUT2D eigenvalue weighted by Gasteiger charge is 2.47. The molecule has 0 saturated heterocycles. The van der Waals surface area contributed by atoms with Gasteiger partial charge in [0.1, 0.15) is 0 Å². The molecule has 0 atom stereocenters. The molecule has 11 rings (SSSR count). The highest BCUT2D eigenvalue weighted by molar-refractivity contribution is 6.23. The predicted molar refractivity (Wildman–Crippen MR) is 237 cm³/mol. The van der Waals surface area contributed by atoms with Crippen LogP contribution in [0.4, 0.5) is 0 Å². The van der Waals surface area contributed by atoms with Crippen LogP contribution in [0.15, 0.2) is 222 Å². The van der Waals surface area contributed by atoms with Crippen LogP contribution < -0.4 is 0 Å². The maximum absolute atomic E-state index is 5.48. The lowest BCUT2D eigenvalue weighted by atomic mass is 9.67. The second-order valence-electron chi connectivity index (χ2n) is 14.8. The van der Waals surface area contributed by atoms with Crippen molar-refractivity contribution < 1.29 is 0 Å². The van der Waals surface area contributed by atoms with E-state index in [2.05, 4.69) is 217 Å². The molecule has 0 radical (unpaired) electrons. The van der Waals surface area contributed by atoms with Crippen LogP contribution in [0.5, 0.6) is 0 Å². The average Bonchev–Trinajstić information content (AvgIpc) is 3.67. The molecular formula is C54H37N3. The lowest BCUT2D eigenvalue weighted by molar-refractivity contribution is 0.769. The minimum absolute atomic E-state index is 0.518. The number of aliphatic imine (C=N–C) groups is 2. The Balaban J connectivity index is 1.28. The summed E-state index contributed by atoms with van der Waals surface area (Å²) in [6, 6.07) is 74.3. The van der Waals surface area contributed by atoms with E-state index >= 15 is 0 Å². The van der Waals surface area contributed by atoms with Crippen molar-refractivity contribution in [2.75, 3.05) is 0 Å². The van der Waals surface area contributed by atoms with Gasteiger partial charge in [-0.3, -0.25) is 4.57 Å². The van der Waals surface area contributed by atoms with Crippen LogP contribution in [0.3, 0.4) is 0 Å². The Labute approximate surface area is 332 Å². The fraction of sp³-hybridized carbons (Fsp3) is 0.0370. The molecule has 2 aliphatic rings. The maximum Gasteiger partial charge on any atom is 0.235 e. The van der Waals surface area contributed by atoms with E-state index in [4.69, 9.17) is 9.98 Å². The Hall–Kier alpha value is -7.36. The molecule has 1 aliphatic heterocycles. The minimum Gasteiger partial charge on any atom is -0.278 e. The summed E-state index contributed by atoms with van der Waals surface area (Å²) < 4.78 is 2.30. The van der Waals surface area contributed by atoms with Gasteiger partial charge in [-0.1, -0.05) is 194 Å². The number of hydrogen-bond donors (Lipinski definition) is 0. The first-order chi connectivity index (χ1) is 28.3. The Morgan fingerprint density at radius 3 is 1.67 bits per heavy atom. The molecule has 57 heavy (non-hydrogen) atoms. The molecule has 0 amide bonds. The molecule has 0 bridgehead atoms. The fourth-order valence-corrected chi connectivity index (χ4v) is 9.31. The van der Waals surface area contributed by atoms with Crippen molar-refractivity contribution in [2.45, 2.75) is 11.8 Å². The zero-order valence-electron chi connectivity index (χ0n) is 31.3. The van der Waals surface area contributed by atoms with Gasteiger partial charge in [-0.25, -0.2) is 9.98 Å². The predicted octanol–water partition coefficient (Wildman–Crippen LogP) is 13.0. The maximum atomic E-state index is 5.48. The van der Waals surface area contributed by atoms with Gasteiger partial charge in [0.05, 0.1) is 27.9 Å². The third-order valence-corrected chi connectivity index (χ3v) is 11.8. The van der Waals surface area contributed by atoms with Gasteiger partial charge in [-0.15, -0.1) is 0 Å². The van der Waals surface area contributed by atoms with Gasteiger partial charge >= 0.3 is 0 Å². The van der Waals surface area contributed by atoms with Gasteiger partial charge in [0.15, 0.2) is 0 Å². The van der Waals surface area contributed by atoms with Crippen LogP contribution in [-0.4, -0.2) is 16.2 Å². The molecule has 3 nitrogen and oxygen atoms in total. The van der Waals surface area contributed by atoms with Gasteiger partial charge < -0.3 is 0 Å². The first-order valence-electron chi connectivity index (χ1n) is 19.6. The van der Waals surface area contributed by atoms with Gasteiger partial charge in [-0.05, 0) is 73.8 Å². The standard InChI is InChI=1S/C54H37N3/c1-6-18-37(19-7-1)40-30-34-49-44(36-40)52-50(57(49)53-55-47(38-20-8-2-9-21-38)32-33-48(56-53)39-22-10-3-11-23-39)35-31-46-51(52)43-28-16-17-29-45(43)54(46,41-24-12-4-13-25-41)42-26-14-5-15-27-42/h1-32,34-36H,33H2. The molecule has 0 unspecified atom stereocenters. The van der Waals surface area contributed by atoms with Crippen LogP contribution in [0.2, 0.25) is 0 Å². The number of allylic oxidation sites excluding steroid dienone is 1. The summed E-state index contributed by atoms with van der Waals surface area (Å²) in [4.78, 5) is 10.9. The zero-order chi connectivity index (χ0) is 37.8. The van der Waals surface area contributed by atoms with E-state index in [0.29, 0.717) is 12.4 Å². The summed E-state index contributed by atoms with van der Waals surface area (Å²) in [5, 5.41) is 2.37. The summed E-state index contributed by atoms with van der Waals surface area (Å²) in [5.74, 6) is 0.650. The summed E-state index contributed by atoms with van der Waals surface area (Å²) in [5.41, 5.74) is 15.6. The van der Waals surface area contributed by atoms with E-state index in [9.17, 15) is 0 Å². The topological polar surface area (TPSA) is 29.6 Å². The third kappa shape index (κ3) is 5.20. The SMILES string of the molecule is C1=C(c2ccccc2)N=C(n2c3ccc(-c4ccccc4)cc3c3c4c(ccc32)C(c2ccccc2)(c2ccccc2)c2ccccc2-4)N=C(c2ccccc2)C1. The van der Waals surface area contributed by atoms with Crippen molar-refractivity contribution in [3.8, 4) is 22.3 Å². The first-order valence-corrected chi connectivity index (χ1v) is 19.6. The number of fused-ring (bicyclic) bond motifs is 7. The molecule has 268 valence electrons. The van der Waals surface area contributed by atoms with Crippen molar-refractivity contribution in [1.82, 2.24) is 4.57 Å². The molecule has 0 saturated carbocycles. The van der Waals surface area contributed by atoms with Gasteiger partial charge in [0.25, 0.3) is 0 Å². The summed E-state index contributed by atoms with van der Waals surface area (Å²) in [6.45, 7) is 0. The first kappa shape index (κ1) is 33.0. The van der Waals surface area contributed by atoms with E-state index in [0.717, 1.165) is 33.6 Å². The minimum atomic E-state index is -0.518. The van der Waals surface area contributed by atoms with E-state index in [1.165, 1.54) is 55.3 Å². The number of aromatic nitrogens is 1. The molecule has 8 aromatic carbocycles. The van der Waals surface area contributed by atoms with Gasteiger partial charge in [-0.2, -0.15) is 0 Å². The number of rotatable bonds is 5. The van der Waals surface area contributed by atoms with E-state index in [1.54, 1.807) is 0 Å². The highest BCUT2D eigenvalue weighted by atomic mass is 15.2. The third-order valence-electron chi connectivity index (χ3n) is 11.8. The molecule has 2 heterocycles. The van der Waals surface area contributed by atoms with Crippen molar-refractivity contribution in [3.63, 3.8) is 0 Å². The quantitative estimate of drug-likeness (QED) is 0.169. The number of hydrogen-bond acceptors (Lipinski definition) is 2. The van der Waals surface area contributed by atoms with Crippen LogP contribution in [0.1, 0.15) is 39.8 Å². The van der Waals surface area contributed by atoms with Gasteiger partial charge in [0, 0.05) is 17.2 Å². The summed E-state index contributed by atoms with van der Waals surface area (Å²) >= 11 is 0. The molecule has 0 spiro atoms. The molecule has 9 aromatic rings. The zero-order valence-corrected chi connectivity index (χ0v) is 31.3. The Morgan fingerprint density at radius 2 is 1.00 bits per heavy atom. The van der Waals surface area contributed by atoms with E-state index in [-0.39, 0.29) is 0 Å². The average molecular weight is 728 g/mol. The smallest absolute Gasteiger partial charge is 0.235 e. The van der Waals surface area contributed by atoms with Crippen LogP contribution in [0.25, 0.3) is 49.8 Å². The second kappa shape index (κ2) is 13.4. The van der Waals surface area contributed by atoms with Crippen LogP contribution in [-0.2, 0) is 5.41 Å². The lowest BCUT2D eigenvalue weighted by Gasteiger charge is -2.33. The number of benzene rings is 8. The molecular weight excluding hydrogens is 691 g/mol. The largest absolute Gasteiger partial charge is 0.278 e. The number of nitrogens with zero attached hydrogens (tertiary/aromatic N) is 3. The normalized spacial score (nSPS) is 14.4. The van der Waals surface area contributed by atoms with Gasteiger partial charge in [0.2, 0.25) is 5.96 Å². The molecule has 0 fully saturated rings. The molecule has 1 aliphatic carbocycles. The summed E-state index contributed by atoms with van der Waals surface area (Å²) in [7, 11) is 0. The lowest BCUT2D eigenvalue weighted by Crippen LogP contribution is -2.28. The molecule has 1 aromatic heterocycles. The fourth-order valence-electron chi connectivity index (χ4n) is 9.31. The Bertz CT molecular complexity index is 3010. The molecule has 3 heteroatoms. The second-order valence-corrected chi connectivity index (χ2v) is 14.8. The van der Waals surface area contributed by atoms with Crippen molar-refractivity contribution in [3.05, 3.63) is 246 Å². The monoisotopic (exact) mass is 727 g/mol. The molecule has 0 N–H and O–H groups in total. The van der Waals surface area contributed by atoms with Crippen LogP contribution in [0, 0.1) is 0 Å². The highest BCUT2D eigenvalue weighted by Crippen LogP contribution is 2.58. The van der Waals surface area contributed by atoms with E-state index in [1.807, 2.05) is 0 Å².